The Kier molecular flexibility index (Phi) is 4.95. The second-order valence-electron chi connectivity index (χ2n) is 4.54. The van der Waals surface area contributed by atoms with Gasteiger partial charge in [-0.2, -0.15) is 13.2 Å². The Labute approximate surface area is 129 Å². The van der Waals surface area contributed by atoms with Gasteiger partial charge in [-0.05, 0) is 23.8 Å². The van der Waals surface area contributed by atoms with Crippen LogP contribution in [0.1, 0.15) is 11.1 Å². The quantitative estimate of drug-likeness (QED) is 0.852. The summed E-state index contributed by atoms with van der Waals surface area (Å²) in [6, 6.07) is 7.77. The molecule has 0 aliphatic carbocycles. The molecule has 2 N–H and O–H groups in total. The number of benzene rings is 1. The second kappa shape index (κ2) is 6.91. The number of nitrogens with one attached hydrogen (secondary N) is 2. The topological polar surface area (TPSA) is 71.1 Å². The molecule has 0 fully saturated rings. The molecule has 0 saturated heterocycles. The van der Waals surface area contributed by atoms with Gasteiger partial charge in [0.2, 0.25) is 0 Å². The van der Waals surface area contributed by atoms with Crippen LogP contribution in [0, 0.1) is 0 Å². The lowest BCUT2D eigenvalue weighted by molar-refractivity contribution is -0.138. The summed E-state index contributed by atoms with van der Waals surface area (Å²) in [6.07, 6.45) is -1.58. The summed E-state index contributed by atoms with van der Waals surface area (Å²) in [7, 11) is 0. The van der Waals surface area contributed by atoms with Crippen molar-refractivity contribution in [3.8, 4) is 0 Å². The van der Waals surface area contributed by atoms with E-state index in [4.69, 9.17) is 0 Å². The molecule has 0 aliphatic heterocycles. The Morgan fingerprint density at radius 1 is 1.04 bits per heavy atom. The van der Waals surface area contributed by atoms with Gasteiger partial charge < -0.3 is 10.6 Å². The van der Waals surface area contributed by atoms with E-state index in [-0.39, 0.29) is 6.54 Å². The predicted octanol–water partition coefficient (Wildman–Crippen LogP) is 2.36. The van der Waals surface area contributed by atoms with Crippen molar-refractivity contribution < 1.29 is 22.8 Å². The SMILES string of the molecule is O=C(NCc1cccnc1)C(=O)Nc1ccccc1C(F)(F)F. The minimum absolute atomic E-state index is 0.0427. The van der Waals surface area contributed by atoms with Crippen LogP contribution < -0.4 is 10.6 Å². The highest BCUT2D eigenvalue weighted by Crippen LogP contribution is 2.34. The van der Waals surface area contributed by atoms with Gasteiger partial charge in [-0.25, -0.2) is 0 Å². The fourth-order valence-corrected chi connectivity index (χ4v) is 1.78. The summed E-state index contributed by atoms with van der Waals surface area (Å²) in [5.74, 6) is -2.21. The number of hydrogen-bond acceptors (Lipinski definition) is 3. The van der Waals surface area contributed by atoms with Gasteiger partial charge in [-0.15, -0.1) is 0 Å². The second-order valence-corrected chi connectivity index (χ2v) is 4.54. The molecule has 1 heterocycles. The highest BCUT2D eigenvalue weighted by Gasteiger charge is 2.33. The molecule has 2 rings (SSSR count). The zero-order valence-electron chi connectivity index (χ0n) is 11.7. The molecule has 1 aromatic heterocycles. The number of anilines is 1. The van der Waals surface area contributed by atoms with E-state index in [1.807, 2.05) is 5.32 Å². The number of carbonyl (C=O) groups excluding carboxylic acids is 2. The van der Waals surface area contributed by atoms with Gasteiger partial charge in [0.15, 0.2) is 0 Å². The predicted molar refractivity (Wildman–Crippen MR) is 76.2 cm³/mol. The molecule has 0 atom stereocenters. The van der Waals surface area contributed by atoms with E-state index < -0.39 is 29.2 Å². The van der Waals surface area contributed by atoms with Crippen molar-refractivity contribution in [1.82, 2.24) is 10.3 Å². The van der Waals surface area contributed by atoms with Crippen molar-refractivity contribution in [1.29, 1.82) is 0 Å². The number of hydrogen-bond donors (Lipinski definition) is 2. The van der Waals surface area contributed by atoms with Crippen molar-refractivity contribution in [3.05, 3.63) is 59.9 Å². The average molecular weight is 323 g/mol. The largest absolute Gasteiger partial charge is 0.418 e. The first-order valence-corrected chi connectivity index (χ1v) is 6.52. The number of carbonyl (C=O) groups is 2. The Balaban J connectivity index is 2.01. The van der Waals surface area contributed by atoms with E-state index in [1.165, 1.54) is 18.3 Å². The maximum atomic E-state index is 12.8. The molecule has 120 valence electrons. The molecule has 23 heavy (non-hydrogen) atoms. The smallest absolute Gasteiger partial charge is 0.344 e. The third-order valence-electron chi connectivity index (χ3n) is 2.86. The number of para-hydroxylation sites is 1. The van der Waals surface area contributed by atoms with Gasteiger partial charge in [-0.3, -0.25) is 14.6 Å². The molecular formula is C15H12F3N3O2. The van der Waals surface area contributed by atoms with Crippen LogP contribution in [0.3, 0.4) is 0 Å². The Bertz CT molecular complexity index is 703. The number of pyridine rings is 1. The number of aromatic nitrogens is 1. The molecule has 0 aliphatic rings. The van der Waals surface area contributed by atoms with Crippen LogP contribution in [0.15, 0.2) is 48.8 Å². The third kappa shape index (κ3) is 4.53. The van der Waals surface area contributed by atoms with Crippen LogP contribution in [0.4, 0.5) is 18.9 Å². The lowest BCUT2D eigenvalue weighted by atomic mass is 10.1. The van der Waals surface area contributed by atoms with Gasteiger partial charge in [0.05, 0.1) is 11.3 Å². The maximum absolute atomic E-state index is 12.8. The van der Waals surface area contributed by atoms with Crippen molar-refractivity contribution in [2.75, 3.05) is 5.32 Å². The molecule has 0 spiro atoms. The summed E-state index contributed by atoms with van der Waals surface area (Å²) < 4.78 is 38.4. The van der Waals surface area contributed by atoms with Gasteiger partial charge in [-0.1, -0.05) is 18.2 Å². The van der Waals surface area contributed by atoms with E-state index in [1.54, 1.807) is 18.3 Å². The van der Waals surface area contributed by atoms with Crippen LogP contribution in [-0.2, 0) is 22.3 Å². The molecule has 2 amide bonds. The van der Waals surface area contributed by atoms with Crippen molar-refractivity contribution in [3.63, 3.8) is 0 Å². The molecule has 0 radical (unpaired) electrons. The van der Waals surface area contributed by atoms with E-state index in [0.717, 1.165) is 12.1 Å². The molecule has 8 heteroatoms. The normalized spacial score (nSPS) is 10.9. The summed E-state index contributed by atoms with van der Waals surface area (Å²) in [5.41, 5.74) is -0.834. The maximum Gasteiger partial charge on any atom is 0.418 e. The van der Waals surface area contributed by atoms with Gasteiger partial charge in [0.1, 0.15) is 0 Å². The lowest BCUT2D eigenvalue weighted by Gasteiger charge is -2.13. The Morgan fingerprint density at radius 2 is 1.78 bits per heavy atom. The fraction of sp³-hybridized carbons (Fsp3) is 0.133. The van der Waals surface area contributed by atoms with Gasteiger partial charge >= 0.3 is 18.0 Å². The number of nitrogens with zero attached hydrogens (tertiary/aromatic N) is 1. The van der Waals surface area contributed by atoms with Crippen LogP contribution in [0.25, 0.3) is 0 Å². The molecule has 0 unspecified atom stereocenters. The summed E-state index contributed by atoms with van der Waals surface area (Å²) in [6.45, 7) is 0.0427. The van der Waals surface area contributed by atoms with Gasteiger partial charge in [0, 0.05) is 18.9 Å². The number of alkyl halides is 3. The van der Waals surface area contributed by atoms with E-state index >= 15 is 0 Å². The number of halogens is 3. The van der Waals surface area contributed by atoms with E-state index in [9.17, 15) is 22.8 Å². The monoisotopic (exact) mass is 323 g/mol. The molecule has 2 aromatic rings. The molecule has 1 aromatic carbocycles. The number of rotatable bonds is 3. The first-order chi connectivity index (χ1) is 10.9. The highest BCUT2D eigenvalue weighted by atomic mass is 19.4. The first kappa shape index (κ1) is 16.5. The van der Waals surface area contributed by atoms with Crippen LogP contribution in [-0.4, -0.2) is 16.8 Å². The Morgan fingerprint density at radius 3 is 2.43 bits per heavy atom. The molecule has 0 bridgehead atoms. The third-order valence-corrected chi connectivity index (χ3v) is 2.86. The molecular weight excluding hydrogens is 311 g/mol. The summed E-state index contributed by atoms with van der Waals surface area (Å²) in [4.78, 5) is 27.2. The minimum Gasteiger partial charge on any atom is -0.344 e. The van der Waals surface area contributed by atoms with Crippen LogP contribution in [0.5, 0.6) is 0 Å². The zero-order valence-corrected chi connectivity index (χ0v) is 11.7. The highest BCUT2D eigenvalue weighted by molar-refractivity contribution is 6.39. The van der Waals surface area contributed by atoms with Crippen molar-refractivity contribution in [2.24, 2.45) is 0 Å². The lowest BCUT2D eigenvalue weighted by Crippen LogP contribution is -2.35. The summed E-state index contributed by atoms with van der Waals surface area (Å²) in [5, 5.41) is 4.27. The van der Waals surface area contributed by atoms with Crippen LogP contribution in [0.2, 0.25) is 0 Å². The molecule has 5 nitrogen and oxygen atoms in total. The Hall–Kier alpha value is -2.90. The van der Waals surface area contributed by atoms with Crippen molar-refractivity contribution >= 4 is 17.5 Å². The van der Waals surface area contributed by atoms with E-state index in [0.29, 0.717) is 5.56 Å². The van der Waals surface area contributed by atoms with Gasteiger partial charge in [0.25, 0.3) is 0 Å². The first-order valence-electron chi connectivity index (χ1n) is 6.52. The standard InChI is InChI=1S/C15H12F3N3O2/c16-15(17,18)11-5-1-2-6-12(11)21-14(23)13(22)20-9-10-4-3-7-19-8-10/h1-8H,9H2,(H,20,22)(H,21,23). The van der Waals surface area contributed by atoms with Crippen molar-refractivity contribution in [2.45, 2.75) is 12.7 Å². The summed E-state index contributed by atoms with van der Waals surface area (Å²) >= 11 is 0. The minimum atomic E-state index is -4.63. The van der Waals surface area contributed by atoms with Crippen LogP contribution >= 0.6 is 0 Å². The van der Waals surface area contributed by atoms with E-state index in [2.05, 4.69) is 10.3 Å². The number of amides is 2. The fourth-order valence-electron chi connectivity index (χ4n) is 1.78. The molecule has 0 saturated carbocycles. The average Bonchev–Trinajstić information content (AvgIpc) is 2.53. The zero-order chi connectivity index (χ0) is 16.9.